The maximum atomic E-state index is 6.18. The number of halogens is 3. The van der Waals surface area contributed by atoms with E-state index in [2.05, 4.69) is 31.3 Å². The van der Waals surface area contributed by atoms with Gasteiger partial charge < -0.3 is 0 Å². The van der Waals surface area contributed by atoms with E-state index in [9.17, 15) is 0 Å². The normalized spacial score (nSPS) is 11.8. The van der Waals surface area contributed by atoms with Gasteiger partial charge in [0.1, 0.15) is 0 Å². The molecule has 2 aromatic rings. The maximum absolute atomic E-state index is 6.18. The van der Waals surface area contributed by atoms with E-state index < -0.39 is 0 Å². The second-order valence-corrected chi connectivity index (χ2v) is 5.88. The molecule has 102 valence electrons. The van der Waals surface area contributed by atoms with Crippen LogP contribution in [0.1, 0.15) is 11.4 Å². The molecular formula is C12H13BrCl2N4. The summed E-state index contributed by atoms with van der Waals surface area (Å²) < 4.78 is 1.02. The van der Waals surface area contributed by atoms with E-state index in [0.29, 0.717) is 24.0 Å². The highest BCUT2D eigenvalue weighted by molar-refractivity contribution is 9.10. The van der Waals surface area contributed by atoms with E-state index in [4.69, 9.17) is 23.2 Å². The summed E-state index contributed by atoms with van der Waals surface area (Å²) in [6, 6.07) is 8.00. The van der Waals surface area contributed by atoms with Crippen LogP contribution in [0.5, 0.6) is 0 Å². The highest BCUT2D eigenvalue weighted by Gasteiger charge is 2.32. The van der Waals surface area contributed by atoms with Crippen molar-refractivity contribution in [2.24, 2.45) is 7.05 Å². The Morgan fingerprint density at radius 3 is 2.32 bits per heavy atom. The third kappa shape index (κ3) is 3.27. The fraction of sp³-hybridized carbons (Fsp3) is 0.417. The van der Waals surface area contributed by atoms with Gasteiger partial charge in [-0.2, -0.15) is 4.80 Å². The number of rotatable bonds is 5. The van der Waals surface area contributed by atoms with Crippen LogP contribution in [0.25, 0.3) is 0 Å². The molecule has 0 spiro atoms. The first-order chi connectivity index (χ1) is 9.09. The summed E-state index contributed by atoms with van der Waals surface area (Å²) in [5.41, 5.74) is 0.695. The summed E-state index contributed by atoms with van der Waals surface area (Å²) in [4.78, 5) is 1.43. The molecule has 0 bridgehead atoms. The first-order valence-electron chi connectivity index (χ1n) is 5.70. The Labute approximate surface area is 130 Å². The van der Waals surface area contributed by atoms with E-state index in [1.54, 1.807) is 7.05 Å². The van der Waals surface area contributed by atoms with Gasteiger partial charge in [0.05, 0.1) is 7.05 Å². The molecular weight excluding hydrogens is 351 g/mol. The second-order valence-electron chi connectivity index (χ2n) is 4.43. The molecule has 0 amide bonds. The first kappa shape index (κ1) is 14.8. The van der Waals surface area contributed by atoms with Gasteiger partial charge in [0.15, 0.2) is 5.82 Å². The molecule has 0 aliphatic carbocycles. The van der Waals surface area contributed by atoms with E-state index in [1.807, 2.05) is 24.3 Å². The molecule has 7 heteroatoms. The van der Waals surface area contributed by atoms with Crippen LogP contribution in [0, 0.1) is 0 Å². The predicted molar refractivity (Wildman–Crippen MR) is 79.8 cm³/mol. The Balaban J connectivity index is 2.33. The van der Waals surface area contributed by atoms with Crippen molar-refractivity contribution >= 4 is 39.1 Å². The van der Waals surface area contributed by atoms with E-state index in [0.717, 1.165) is 10.0 Å². The predicted octanol–water partition coefficient (Wildman–Crippen LogP) is 2.93. The van der Waals surface area contributed by atoms with Crippen LogP contribution in [0.2, 0.25) is 0 Å². The number of benzene rings is 1. The third-order valence-corrected chi connectivity index (χ3v) is 4.57. The SMILES string of the molecule is Cn1nnc(CC(CCl)(CCl)c2ccc(Br)cc2)n1. The molecule has 0 saturated heterocycles. The van der Waals surface area contributed by atoms with Gasteiger partial charge in [0, 0.05) is 28.1 Å². The number of nitrogens with zero attached hydrogens (tertiary/aromatic N) is 4. The van der Waals surface area contributed by atoms with Crippen molar-refractivity contribution in [3.05, 3.63) is 40.1 Å². The molecule has 2 rings (SSSR count). The van der Waals surface area contributed by atoms with Gasteiger partial charge in [0.2, 0.25) is 0 Å². The lowest BCUT2D eigenvalue weighted by Crippen LogP contribution is -2.33. The molecule has 1 heterocycles. The Hall–Kier alpha value is -0.650. The average molecular weight is 364 g/mol. The van der Waals surface area contributed by atoms with Gasteiger partial charge in [-0.3, -0.25) is 0 Å². The van der Waals surface area contributed by atoms with Gasteiger partial charge >= 0.3 is 0 Å². The molecule has 1 aromatic carbocycles. The number of hydrogen-bond donors (Lipinski definition) is 0. The van der Waals surface area contributed by atoms with Gasteiger partial charge in [0.25, 0.3) is 0 Å². The largest absolute Gasteiger partial charge is 0.175 e. The average Bonchev–Trinajstić information content (AvgIpc) is 2.82. The van der Waals surface area contributed by atoms with Crippen LogP contribution in [-0.2, 0) is 18.9 Å². The van der Waals surface area contributed by atoms with Crippen LogP contribution >= 0.6 is 39.1 Å². The zero-order valence-electron chi connectivity index (χ0n) is 10.4. The van der Waals surface area contributed by atoms with E-state index in [-0.39, 0.29) is 5.41 Å². The van der Waals surface area contributed by atoms with E-state index in [1.165, 1.54) is 4.80 Å². The zero-order valence-corrected chi connectivity index (χ0v) is 13.5. The number of aromatic nitrogens is 4. The fourth-order valence-corrected chi connectivity index (χ4v) is 2.93. The van der Waals surface area contributed by atoms with Gasteiger partial charge in [-0.1, -0.05) is 28.1 Å². The topological polar surface area (TPSA) is 43.6 Å². The molecule has 0 unspecified atom stereocenters. The Kier molecular flexibility index (Phi) is 4.81. The fourth-order valence-electron chi connectivity index (χ4n) is 1.89. The number of hydrogen-bond acceptors (Lipinski definition) is 3. The molecule has 1 aromatic heterocycles. The molecule has 0 aliphatic heterocycles. The van der Waals surface area contributed by atoms with Crippen molar-refractivity contribution in [1.82, 2.24) is 20.2 Å². The molecule has 0 fully saturated rings. The van der Waals surface area contributed by atoms with Crippen LogP contribution in [0.3, 0.4) is 0 Å². The molecule has 0 atom stereocenters. The van der Waals surface area contributed by atoms with Gasteiger partial charge in [-0.05, 0) is 22.9 Å². The lowest BCUT2D eigenvalue weighted by atomic mass is 9.81. The van der Waals surface area contributed by atoms with Crippen molar-refractivity contribution in [3.8, 4) is 0 Å². The van der Waals surface area contributed by atoms with Crippen molar-refractivity contribution < 1.29 is 0 Å². The Bertz CT molecular complexity index is 537. The van der Waals surface area contributed by atoms with Crippen LogP contribution in [0.15, 0.2) is 28.7 Å². The second kappa shape index (κ2) is 6.20. The van der Waals surface area contributed by atoms with E-state index >= 15 is 0 Å². The third-order valence-electron chi connectivity index (χ3n) is 3.01. The van der Waals surface area contributed by atoms with Crippen LogP contribution < -0.4 is 0 Å². The Morgan fingerprint density at radius 2 is 1.84 bits per heavy atom. The molecule has 0 radical (unpaired) electrons. The molecule has 0 saturated carbocycles. The summed E-state index contributed by atoms with van der Waals surface area (Å²) in [6.07, 6.45) is 0.565. The number of tetrazole rings is 1. The summed E-state index contributed by atoms with van der Waals surface area (Å²) in [7, 11) is 1.74. The summed E-state index contributed by atoms with van der Waals surface area (Å²) in [5.74, 6) is 1.44. The smallest absolute Gasteiger partial charge is 0.167 e. The molecule has 0 N–H and O–H groups in total. The molecule has 4 nitrogen and oxygen atoms in total. The Morgan fingerprint density at radius 1 is 1.21 bits per heavy atom. The molecule has 0 aliphatic rings. The van der Waals surface area contributed by atoms with Gasteiger partial charge in [-0.15, -0.1) is 33.4 Å². The van der Waals surface area contributed by atoms with Crippen molar-refractivity contribution in [2.75, 3.05) is 11.8 Å². The summed E-state index contributed by atoms with van der Waals surface area (Å²) >= 11 is 15.8. The lowest BCUT2D eigenvalue weighted by molar-refractivity contribution is 0.517. The first-order valence-corrected chi connectivity index (χ1v) is 7.57. The monoisotopic (exact) mass is 362 g/mol. The van der Waals surface area contributed by atoms with Gasteiger partial charge in [-0.25, -0.2) is 0 Å². The number of alkyl halides is 2. The van der Waals surface area contributed by atoms with Crippen molar-refractivity contribution in [3.63, 3.8) is 0 Å². The van der Waals surface area contributed by atoms with Crippen molar-refractivity contribution in [1.29, 1.82) is 0 Å². The quantitative estimate of drug-likeness (QED) is 0.767. The van der Waals surface area contributed by atoms with Crippen LogP contribution in [0.4, 0.5) is 0 Å². The highest BCUT2D eigenvalue weighted by Crippen LogP contribution is 2.31. The number of aryl methyl sites for hydroxylation is 1. The highest BCUT2D eigenvalue weighted by atomic mass is 79.9. The summed E-state index contributed by atoms with van der Waals surface area (Å²) in [5, 5.41) is 12.1. The lowest BCUT2D eigenvalue weighted by Gasteiger charge is -2.28. The minimum absolute atomic E-state index is 0.382. The van der Waals surface area contributed by atoms with Crippen LogP contribution in [-0.4, -0.2) is 32.0 Å². The standard InChI is InChI=1S/C12H13BrCl2N4/c1-19-17-11(16-18-19)6-12(7-14,8-15)9-2-4-10(13)5-3-9/h2-5H,6-8H2,1H3. The summed E-state index contributed by atoms with van der Waals surface area (Å²) in [6.45, 7) is 0. The molecule has 19 heavy (non-hydrogen) atoms. The minimum atomic E-state index is -0.382. The zero-order chi connectivity index (χ0) is 13.9. The maximum Gasteiger partial charge on any atom is 0.175 e. The van der Waals surface area contributed by atoms with Crippen molar-refractivity contribution in [2.45, 2.75) is 11.8 Å². The minimum Gasteiger partial charge on any atom is -0.167 e.